The lowest BCUT2D eigenvalue weighted by atomic mass is 10.2. The second-order valence-corrected chi connectivity index (χ2v) is 4.43. The molecule has 84 valence electrons. The highest BCUT2D eigenvalue weighted by Gasteiger charge is 2.16. The van der Waals surface area contributed by atoms with Gasteiger partial charge in [0.25, 0.3) is 0 Å². The molecule has 0 amide bonds. The van der Waals surface area contributed by atoms with E-state index in [-0.39, 0.29) is 0 Å². The van der Waals surface area contributed by atoms with E-state index in [1.807, 2.05) is 7.05 Å². The lowest BCUT2D eigenvalue weighted by Crippen LogP contribution is -2.37. The van der Waals surface area contributed by atoms with Gasteiger partial charge >= 0.3 is 0 Å². The lowest BCUT2D eigenvalue weighted by Gasteiger charge is -2.27. The van der Waals surface area contributed by atoms with Gasteiger partial charge in [-0.2, -0.15) is 0 Å². The van der Waals surface area contributed by atoms with Crippen molar-refractivity contribution in [1.82, 2.24) is 15.1 Å². The summed E-state index contributed by atoms with van der Waals surface area (Å²) in [6.45, 7) is 8.48. The predicted molar refractivity (Wildman–Crippen MR) is 61.7 cm³/mol. The van der Waals surface area contributed by atoms with E-state index in [9.17, 15) is 0 Å². The number of hydrogen-bond acceptors (Lipinski definition) is 3. The van der Waals surface area contributed by atoms with E-state index >= 15 is 0 Å². The van der Waals surface area contributed by atoms with Crippen LogP contribution in [0.25, 0.3) is 0 Å². The van der Waals surface area contributed by atoms with Gasteiger partial charge in [0.1, 0.15) is 0 Å². The third-order valence-corrected chi connectivity index (χ3v) is 3.19. The highest BCUT2D eigenvalue weighted by atomic mass is 15.2. The fourth-order valence-corrected chi connectivity index (χ4v) is 2.04. The Labute approximate surface area is 88.5 Å². The second kappa shape index (κ2) is 6.38. The van der Waals surface area contributed by atoms with Crippen molar-refractivity contribution in [3.63, 3.8) is 0 Å². The third kappa shape index (κ3) is 3.95. The summed E-state index contributed by atoms with van der Waals surface area (Å²) in [4.78, 5) is 5.06. The summed E-state index contributed by atoms with van der Waals surface area (Å²) < 4.78 is 0. The lowest BCUT2D eigenvalue weighted by molar-refractivity contribution is 0.205. The number of rotatable bonds is 4. The normalized spacial score (nSPS) is 23.4. The maximum atomic E-state index is 3.23. The molecule has 1 N–H and O–H groups in total. The number of hydrogen-bond donors (Lipinski definition) is 1. The summed E-state index contributed by atoms with van der Waals surface area (Å²) in [6.07, 6.45) is 2.58. The molecule has 0 aromatic carbocycles. The molecular formula is C11H25N3. The minimum absolute atomic E-state index is 0.731. The molecule has 0 radical (unpaired) electrons. The fourth-order valence-electron chi connectivity index (χ4n) is 2.04. The Morgan fingerprint density at radius 3 is 2.71 bits per heavy atom. The van der Waals surface area contributed by atoms with Gasteiger partial charge in [-0.25, -0.2) is 0 Å². The van der Waals surface area contributed by atoms with Crippen LogP contribution in [-0.2, 0) is 0 Å². The number of nitrogens with one attached hydrogen (secondary N) is 1. The Morgan fingerprint density at radius 2 is 2.00 bits per heavy atom. The molecule has 0 bridgehead atoms. The Bertz CT molecular complexity index is 149. The predicted octanol–water partition coefficient (Wildman–Crippen LogP) is 0.622. The molecule has 1 aliphatic heterocycles. The molecule has 1 aliphatic rings. The summed E-state index contributed by atoms with van der Waals surface area (Å²) in [7, 11) is 4.25. The molecular weight excluding hydrogens is 174 g/mol. The van der Waals surface area contributed by atoms with Gasteiger partial charge in [-0.3, -0.25) is 4.90 Å². The summed E-state index contributed by atoms with van der Waals surface area (Å²) in [5.41, 5.74) is 0. The molecule has 0 saturated carbocycles. The van der Waals surface area contributed by atoms with Crippen LogP contribution in [0.1, 0.15) is 19.8 Å². The minimum atomic E-state index is 0.731. The quantitative estimate of drug-likeness (QED) is 0.716. The van der Waals surface area contributed by atoms with Crippen LogP contribution in [0.3, 0.4) is 0 Å². The van der Waals surface area contributed by atoms with E-state index in [4.69, 9.17) is 0 Å². The van der Waals surface area contributed by atoms with Crippen molar-refractivity contribution in [1.29, 1.82) is 0 Å². The topological polar surface area (TPSA) is 18.5 Å². The van der Waals surface area contributed by atoms with Gasteiger partial charge in [0.05, 0.1) is 0 Å². The third-order valence-electron chi connectivity index (χ3n) is 3.19. The van der Waals surface area contributed by atoms with Crippen molar-refractivity contribution < 1.29 is 0 Å². The highest BCUT2D eigenvalue weighted by Crippen LogP contribution is 2.07. The van der Waals surface area contributed by atoms with Crippen LogP contribution in [0.2, 0.25) is 0 Å². The minimum Gasteiger partial charge on any atom is -0.320 e. The standard InChI is InChI=1S/C11H25N3/c1-11(5-6-12-2)14-8-4-7-13(3)9-10-14/h11-12H,4-10H2,1-3H3. The van der Waals surface area contributed by atoms with Crippen LogP contribution in [0.15, 0.2) is 0 Å². The van der Waals surface area contributed by atoms with E-state index < -0.39 is 0 Å². The van der Waals surface area contributed by atoms with Crippen LogP contribution >= 0.6 is 0 Å². The molecule has 3 nitrogen and oxygen atoms in total. The summed E-state index contributed by atoms with van der Waals surface area (Å²) in [5, 5.41) is 3.23. The van der Waals surface area contributed by atoms with Crippen LogP contribution in [-0.4, -0.2) is 62.7 Å². The molecule has 1 atom stereocenters. The smallest absolute Gasteiger partial charge is 0.0112 e. The first kappa shape index (κ1) is 12.0. The van der Waals surface area contributed by atoms with E-state index in [1.165, 1.54) is 39.0 Å². The second-order valence-electron chi connectivity index (χ2n) is 4.43. The zero-order valence-corrected chi connectivity index (χ0v) is 9.92. The molecule has 1 fully saturated rings. The van der Waals surface area contributed by atoms with Crippen LogP contribution in [0, 0.1) is 0 Å². The van der Waals surface area contributed by atoms with Gasteiger partial charge in [-0.15, -0.1) is 0 Å². The summed E-state index contributed by atoms with van der Waals surface area (Å²) >= 11 is 0. The maximum Gasteiger partial charge on any atom is 0.0112 e. The van der Waals surface area contributed by atoms with Gasteiger partial charge < -0.3 is 10.2 Å². The molecule has 3 heteroatoms. The van der Waals surface area contributed by atoms with Crippen LogP contribution < -0.4 is 5.32 Å². The molecule has 0 aliphatic carbocycles. The molecule has 0 aromatic heterocycles. The SMILES string of the molecule is CNCCC(C)N1CCCN(C)CC1. The van der Waals surface area contributed by atoms with Crippen molar-refractivity contribution in [2.75, 3.05) is 46.8 Å². The van der Waals surface area contributed by atoms with Crippen molar-refractivity contribution in [2.24, 2.45) is 0 Å². The summed E-state index contributed by atoms with van der Waals surface area (Å²) in [5.74, 6) is 0. The van der Waals surface area contributed by atoms with E-state index in [0.717, 1.165) is 12.6 Å². The first-order valence-electron chi connectivity index (χ1n) is 5.81. The van der Waals surface area contributed by atoms with E-state index in [0.29, 0.717) is 0 Å². The average molecular weight is 199 g/mol. The Kier molecular flexibility index (Phi) is 5.45. The average Bonchev–Trinajstić information content (AvgIpc) is 2.39. The fraction of sp³-hybridized carbons (Fsp3) is 1.00. The molecule has 0 aromatic rings. The van der Waals surface area contributed by atoms with Gasteiger partial charge in [-0.05, 0) is 53.5 Å². The monoisotopic (exact) mass is 199 g/mol. The van der Waals surface area contributed by atoms with Crippen molar-refractivity contribution >= 4 is 0 Å². The van der Waals surface area contributed by atoms with E-state index in [1.54, 1.807) is 0 Å². The number of nitrogens with zero attached hydrogens (tertiary/aromatic N) is 2. The van der Waals surface area contributed by atoms with Gasteiger partial charge in [-0.1, -0.05) is 0 Å². The number of likely N-dealkylation sites (N-methyl/N-ethyl adjacent to an activating group) is 1. The summed E-state index contributed by atoms with van der Waals surface area (Å²) in [6, 6.07) is 0.731. The van der Waals surface area contributed by atoms with Crippen molar-refractivity contribution in [2.45, 2.75) is 25.8 Å². The van der Waals surface area contributed by atoms with Gasteiger partial charge in [0, 0.05) is 19.1 Å². The Hall–Kier alpha value is -0.120. The molecule has 1 unspecified atom stereocenters. The first-order chi connectivity index (χ1) is 6.74. The molecule has 1 rings (SSSR count). The first-order valence-corrected chi connectivity index (χ1v) is 5.81. The van der Waals surface area contributed by atoms with Crippen LogP contribution in [0.4, 0.5) is 0 Å². The van der Waals surface area contributed by atoms with Crippen molar-refractivity contribution in [3.8, 4) is 0 Å². The maximum absolute atomic E-state index is 3.23. The van der Waals surface area contributed by atoms with Gasteiger partial charge in [0.15, 0.2) is 0 Å². The molecule has 1 heterocycles. The Morgan fingerprint density at radius 1 is 1.21 bits per heavy atom. The van der Waals surface area contributed by atoms with Gasteiger partial charge in [0.2, 0.25) is 0 Å². The van der Waals surface area contributed by atoms with Crippen molar-refractivity contribution in [3.05, 3.63) is 0 Å². The largest absolute Gasteiger partial charge is 0.320 e. The van der Waals surface area contributed by atoms with Crippen LogP contribution in [0.5, 0.6) is 0 Å². The Balaban J connectivity index is 2.27. The van der Waals surface area contributed by atoms with E-state index in [2.05, 4.69) is 29.1 Å². The molecule has 1 saturated heterocycles. The molecule has 0 spiro atoms. The highest BCUT2D eigenvalue weighted by molar-refractivity contribution is 4.73. The zero-order chi connectivity index (χ0) is 10.4. The molecule has 14 heavy (non-hydrogen) atoms. The zero-order valence-electron chi connectivity index (χ0n) is 9.92.